The first-order chi connectivity index (χ1) is 8.06. The number of rotatable bonds is 2. The first-order valence-corrected chi connectivity index (χ1v) is 5.46. The van der Waals surface area contributed by atoms with Crippen molar-refractivity contribution in [2.24, 2.45) is 5.73 Å². The van der Waals surface area contributed by atoms with Gasteiger partial charge in [0.15, 0.2) is 0 Å². The SMILES string of the molecule is NC1CC(C(=O)Nc2ccc(Cl)cc2F)NN1. The topological polar surface area (TPSA) is 79.2 Å². The predicted octanol–water partition coefficient (Wildman–Crippen LogP) is 0.569. The molecule has 7 heteroatoms. The van der Waals surface area contributed by atoms with Crippen molar-refractivity contribution in [3.05, 3.63) is 29.0 Å². The molecule has 2 atom stereocenters. The molecule has 0 bridgehead atoms. The quantitative estimate of drug-likeness (QED) is 0.625. The molecule has 1 aliphatic rings. The van der Waals surface area contributed by atoms with E-state index < -0.39 is 11.9 Å². The van der Waals surface area contributed by atoms with E-state index in [2.05, 4.69) is 16.2 Å². The average molecular weight is 259 g/mol. The van der Waals surface area contributed by atoms with Gasteiger partial charge >= 0.3 is 0 Å². The predicted molar refractivity (Wildman–Crippen MR) is 62.7 cm³/mol. The smallest absolute Gasteiger partial charge is 0.243 e. The maximum Gasteiger partial charge on any atom is 0.243 e. The number of hydrazine groups is 1. The van der Waals surface area contributed by atoms with Crippen LogP contribution in [0.2, 0.25) is 5.02 Å². The highest BCUT2D eigenvalue weighted by Gasteiger charge is 2.27. The zero-order valence-corrected chi connectivity index (χ0v) is 9.59. The second kappa shape index (κ2) is 4.97. The van der Waals surface area contributed by atoms with Gasteiger partial charge in [0.2, 0.25) is 5.91 Å². The molecule has 1 aromatic rings. The molecule has 1 saturated heterocycles. The molecular weight excluding hydrogens is 247 g/mol. The highest BCUT2D eigenvalue weighted by Crippen LogP contribution is 2.19. The Hall–Kier alpha value is -1.21. The molecule has 1 amide bonds. The minimum Gasteiger partial charge on any atom is -0.322 e. The molecule has 5 nitrogen and oxygen atoms in total. The van der Waals surface area contributed by atoms with E-state index in [1.807, 2.05) is 0 Å². The molecule has 92 valence electrons. The number of benzene rings is 1. The third-order valence-corrected chi connectivity index (χ3v) is 2.67. The van der Waals surface area contributed by atoms with E-state index in [4.69, 9.17) is 17.3 Å². The molecule has 0 radical (unpaired) electrons. The Morgan fingerprint density at radius 1 is 1.53 bits per heavy atom. The highest BCUT2D eigenvalue weighted by atomic mass is 35.5. The first kappa shape index (κ1) is 12.3. The fraction of sp³-hybridized carbons (Fsp3) is 0.300. The van der Waals surface area contributed by atoms with Gasteiger partial charge in [0.25, 0.3) is 0 Å². The molecule has 17 heavy (non-hydrogen) atoms. The summed E-state index contributed by atoms with van der Waals surface area (Å²) in [5.74, 6) is -0.909. The van der Waals surface area contributed by atoms with Crippen LogP contribution in [-0.2, 0) is 4.79 Å². The Bertz CT molecular complexity index is 442. The zero-order valence-electron chi connectivity index (χ0n) is 8.84. The molecule has 0 aromatic heterocycles. The summed E-state index contributed by atoms with van der Waals surface area (Å²) in [7, 11) is 0. The van der Waals surface area contributed by atoms with Gasteiger partial charge in [-0.25, -0.2) is 15.2 Å². The maximum absolute atomic E-state index is 13.4. The number of nitrogens with one attached hydrogen (secondary N) is 3. The van der Waals surface area contributed by atoms with Crippen molar-refractivity contribution >= 4 is 23.2 Å². The van der Waals surface area contributed by atoms with Crippen molar-refractivity contribution in [1.29, 1.82) is 0 Å². The van der Waals surface area contributed by atoms with Gasteiger partial charge in [-0.2, -0.15) is 0 Å². The largest absolute Gasteiger partial charge is 0.322 e. The molecule has 1 heterocycles. The lowest BCUT2D eigenvalue weighted by Crippen LogP contribution is -2.41. The number of amides is 1. The van der Waals surface area contributed by atoms with Crippen molar-refractivity contribution in [2.45, 2.75) is 18.6 Å². The van der Waals surface area contributed by atoms with Gasteiger partial charge < -0.3 is 11.1 Å². The second-order valence-corrected chi connectivity index (χ2v) is 4.23. The molecule has 1 aromatic carbocycles. The summed E-state index contributed by atoms with van der Waals surface area (Å²) in [5.41, 5.74) is 11.1. The summed E-state index contributed by atoms with van der Waals surface area (Å²) < 4.78 is 13.4. The number of anilines is 1. The van der Waals surface area contributed by atoms with Crippen LogP contribution in [0.4, 0.5) is 10.1 Å². The summed E-state index contributed by atoms with van der Waals surface area (Å²) in [4.78, 5) is 11.7. The number of hydrogen-bond donors (Lipinski definition) is 4. The first-order valence-electron chi connectivity index (χ1n) is 5.09. The minimum atomic E-state index is -0.568. The van der Waals surface area contributed by atoms with Crippen LogP contribution in [0, 0.1) is 5.82 Å². The number of hydrogen-bond acceptors (Lipinski definition) is 4. The number of carbonyl (C=O) groups excluding carboxylic acids is 1. The van der Waals surface area contributed by atoms with Crippen LogP contribution in [0.3, 0.4) is 0 Å². The Kier molecular flexibility index (Phi) is 3.58. The van der Waals surface area contributed by atoms with Gasteiger partial charge in [-0.15, -0.1) is 0 Å². The summed E-state index contributed by atoms with van der Waals surface area (Å²) in [5, 5.41) is 2.75. The van der Waals surface area contributed by atoms with Crippen molar-refractivity contribution in [3.8, 4) is 0 Å². The summed E-state index contributed by atoms with van der Waals surface area (Å²) in [6.07, 6.45) is 0.168. The molecule has 0 spiro atoms. The van der Waals surface area contributed by atoms with Crippen LogP contribution in [0.1, 0.15) is 6.42 Å². The standard InChI is InChI=1S/C10H12ClFN4O/c11-5-1-2-7(6(12)3-5)14-10(17)8-4-9(13)16-15-8/h1-3,8-9,15-16H,4,13H2,(H,14,17). The van der Waals surface area contributed by atoms with Crippen LogP contribution < -0.4 is 21.9 Å². The van der Waals surface area contributed by atoms with Crippen molar-refractivity contribution in [1.82, 2.24) is 10.9 Å². The molecular formula is C10H12ClFN4O. The number of nitrogens with two attached hydrogens (primary N) is 1. The molecule has 0 saturated carbocycles. The molecule has 2 unspecified atom stereocenters. The van der Waals surface area contributed by atoms with Crippen LogP contribution in [0.15, 0.2) is 18.2 Å². The van der Waals surface area contributed by atoms with Crippen molar-refractivity contribution in [2.75, 3.05) is 5.32 Å². The van der Waals surface area contributed by atoms with Crippen LogP contribution >= 0.6 is 11.6 Å². The Morgan fingerprint density at radius 2 is 2.29 bits per heavy atom. The number of halogens is 2. The van der Waals surface area contributed by atoms with Gasteiger partial charge in [-0.3, -0.25) is 4.79 Å². The second-order valence-electron chi connectivity index (χ2n) is 3.80. The fourth-order valence-corrected chi connectivity index (χ4v) is 1.72. The normalized spacial score (nSPS) is 23.7. The Morgan fingerprint density at radius 3 is 2.88 bits per heavy atom. The zero-order chi connectivity index (χ0) is 12.4. The van der Waals surface area contributed by atoms with E-state index in [0.717, 1.165) is 6.07 Å². The molecule has 1 fully saturated rings. The van der Waals surface area contributed by atoms with Gasteiger partial charge in [-0.05, 0) is 18.2 Å². The highest BCUT2D eigenvalue weighted by molar-refractivity contribution is 6.30. The van der Waals surface area contributed by atoms with E-state index in [-0.39, 0.29) is 22.8 Å². The Labute approximate surface area is 102 Å². The lowest BCUT2D eigenvalue weighted by Gasteiger charge is -2.11. The summed E-state index contributed by atoms with van der Waals surface area (Å²) >= 11 is 5.61. The lowest BCUT2D eigenvalue weighted by atomic mass is 10.2. The lowest BCUT2D eigenvalue weighted by molar-refractivity contribution is -0.117. The minimum absolute atomic E-state index is 0.0988. The molecule has 5 N–H and O–H groups in total. The van der Waals surface area contributed by atoms with Gasteiger partial charge in [-0.1, -0.05) is 11.6 Å². The van der Waals surface area contributed by atoms with E-state index in [1.54, 1.807) is 0 Å². The van der Waals surface area contributed by atoms with E-state index in [1.165, 1.54) is 12.1 Å². The molecule has 2 rings (SSSR count). The van der Waals surface area contributed by atoms with Gasteiger partial charge in [0.1, 0.15) is 11.9 Å². The third-order valence-electron chi connectivity index (χ3n) is 2.44. The van der Waals surface area contributed by atoms with Crippen molar-refractivity contribution in [3.63, 3.8) is 0 Å². The van der Waals surface area contributed by atoms with Gasteiger partial charge in [0.05, 0.1) is 11.9 Å². The average Bonchev–Trinajstić information content (AvgIpc) is 2.69. The number of carbonyl (C=O) groups is 1. The Balaban J connectivity index is 2.03. The monoisotopic (exact) mass is 258 g/mol. The van der Waals surface area contributed by atoms with Crippen LogP contribution in [0.25, 0.3) is 0 Å². The van der Waals surface area contributed by atoms with E-state index in [9.17, 15) is 9.18 Å². The summed E-state index contributed by atoms with van der Waals surface area (Å²) in [6.45, 7) is 0. The third kappa shape index (κ3) is 2.92. The maximum atomic E-state index is 13.4. The van der Waals surface area contributed by atoms with Crippen LogP contribution in [-0.4, -0.2) is 18.1 Å². The van der Waals surface area contributed by atoms with E-state index in [0.29, 0.717) is 6.42 Å². The van der Waals surface area contributed by atoms with Crippen molar-refractivity contribution < 1.29 is 9.18 Å². The van der Waals surface area contributed by atoms with E-state index >= 15 is 0 Å². The van der Waals surface area contributed by atoms with Gasteiger partial charge in [0, 0.05) is 11.4 Å². The van der Waals surface area contributed by atoms with Crippen LogP contribution in [0.5, 0.6) is 0 Å². The molecule has 1 aliphatic heterocycles. The summed E-state index contributed by atoms with van der Waals surface area (Å²) in [6, 6.07) is 3.59. The fourth-order valence-electron chi connectivity index (χ4n) is 1.56. The molecule has 0 aliphatic carbocycles.